The largest absolute Gasteiger partial charge is 0.497 e. The molecule has 0 atom stereocenters. The normalized spacial score (nSPS) is 10.8. The number of ether oxygens (including phenoxy) is 1. The lowest BCUT2D eigenvalue weighted by Gasteiger charge is -2.14. The van der Waals surface area contributed by atoms with Gasteiger partial charge in [0.1, 0.15) is 5.75 Å². The molecule has 2 rings (SSSR count). The van der Waals surface area contributed by atoms with Crippen LogP contribution in [0.2, 0.25) is 0 Å². The summed E-state index contributed by atoms with van der Waals surface area (Å²) in [6, 6.07) is 8.80. The lowest BCUT2D eigenvalue weighted by atomic mass is 9.99. The SMILES string of the molecule is COc1ccc(-c2cncc(C)c2)c(CNC(C)C)c1. The van der Waals surface area contributed by atoms with Crippen LogP contribution in [0.5, 0.6) is 5.75 Å². The minimum atomic E-state index is 0.449. The van der Waals surface area contributed by atoms with Gasteiger partial charge in [0.05, 0.1) is 7.11 Å². The van der Waals surface area contributed by atoms with Gasteiger partial charge >= 0.3 is 0 Å². The minimum absolute atomic E-state index is 0.449. The predicted octanol–water partition coefficient (Wildman–Crippen LogP) is 3.56. The standard InChI is InChI=1S/C17H22N2O/c1-12(2)19-11-15-8-16(20-4)5-6-17(15)14-7-13(3)9-18-10-14/h5-10,12,19H,11H2,1-4H3. The van der Waals surface area contributed by atoms with Crippen LogP contribution in [0.3, 0.4) is 0 Å². The smallest absolute Gasteiger partial charge is 0.119 e. The molecule has 0 unspecified atom stereocenters. The predicted molar refractivity (Wildman–Crippen MR) is 82.9 cm³/mol. The van der Waals surface area contributed by atoms with Crippen molar-refractivity contribution in [2.24, 2.45) is 0 Å². The molecule has 0 fully saturated rings. The fraction of sp³-hybridized carbons (Fsp3) is 0.353. The summed E-state index contributed by atoms with van der Waals surface area (Å²) in [4.78, 5) is 4.29. The maximum atomic E-state index is 5.33. The lowest BCUT2D eigenvalue weighted by molar-refractivity contribution is 0.414. The third-order valence-electron chi connectivity index (χ3n) is 3.20. The first-order valence-corrected chi connectivity index (χ1v) is 6.92. The molecule has 2 aromatic rings. The first-order chi connectivity index (χ1) is 9.60. The molecular formula is C17H22N2O. The first kappa shape index (κ1) is 14.5. The molecule has 0 bridgehead atoms. The average molecular weight is 270 g/mol. The van der Waals surface area contributed by atoms with Crippen LogP contribution >= 0.6 is 0 Å². The first-order valence-electron chi connectivity index (χ1n) is 6.92. The third-order valence-corrected chi connectivity index (χ3v) is 3.20. The Balaban J connectivity index is 2.40. The number of aromatic nitrogens is 1. The van der Waals surface area contributed by atoms with Crippen molar-refractivity contribution in [2.75, 3.05) is 7.11 Å². The molecule has 0 saturated heterocycles. The molecule has 1 aromatic heterocycles. The van der Waals surface area contributed by atoms with Gasteiger partial charge in [-0.25, -0.2) is 0 Å². The highest BCUT2D eigenvalue weighted by Crippen LogP contribution is 2.27. The Labute approximate surface area is 121 Å². The van der Waals surface area contributed by atoms with Crippen molar-refractivity contribution in [1.29, 1.82) is 0 Å². The number of aryl methyl sites for hydroxylation is 1. The summed E-state index contributed by atoms with van der Waals surface area (Å²) in [5, 5.41) is 3.46. The summed E-state index contributed by atoms with van der Waals surface area (Å²) in [6.45, 7) is 7.17. The molecule has 0 amide bonds. The maximum Gasteiger partial charge on any atom is 0.119 e. The van der Waals surface area contributed by atoms with Crippen molar-refractivity contribution < 1.29 is 4.74 Å². The zero-order chi connectivity index (χ0) is 14.5. The number of hydrogen-bond acceptors (Lipinski definition) is 3. The molecule has 1 aromatic carbocycles. The van der Waals surface area contributed by atoms with Crippen LogP contribution in [0.15, 0.2) is 36.7 Å². The highest BCUT2D eigenvalue weighted by atomic mass is 16.5. The van der Waals surface area contributed by atoms with E-state index < -0.39 is 0 Å². The van der Waals surface area contributed by atoms with Crippen LogP contribution in [0, 0.1) is 6.92 Å². The van der Waals surface area contributed by atoms with Crippen molar-refractivity contribution in [3.8, 4) is 16.9 Å². The van der Waals surface area contributed by atoms with Gasteiger partial charge < -0.3 is 10.1 Å². The van der Waals surface area contributed by atoms with Crippen LogP contribution in [0.4, 0.5) is 0 Å². The highest BCUT2D eigenvalue weighted by Gasteiger charge is 2.08. The van der Waals surface area contributed by atoms with E-state index in [4.69, 9.17) is 4.74 Å². The number of methoxy groups -OCH3 is 1. The summed E-state index contributed by atoms with van der Waals surface area (Å²) >= 11 is 0. The topological polar surface area (TPSA) is 34.1 Å². The summed E-state index contributed by atoms with van der Waals surface area (Å²) in [6.07, 6.45) is 3.78. The average Bonchev–Trinajstić information content (AvgIpc) is 2.44. The maximum absolute atomic E-state index is 5.33. The molecule has 0 aliphatic carbocycles. The van der Waals surface area contributed by atoms with Gasteiger partial charge in [0.15, 0.2) is 0 Å². The Kier molecular flexibility index (Phi) is 4.74. The molecule has 20 heavy (non-hydrogen) atoms. The molecule has 0 spiro atoms. The number of pyridine rings is 1. The van der Waals surface area contributed by atoms with E-state index in [-0.39, 0.29) is 0 Å². The monoisotopic (exact) mass is 270 g/mol. The number of hydrogen-bond donors (Lipinski definition) is 1. The van der Waals surface area contributed by atoms with E-state index in [0.29, 0.717) is 6.04 Å². The summed E-state index contributed by atoms with van der Waals surface area (Å²) in [7, 11) is 1.70. The van der Waals surface area contributed by atoms with Gasteiger partial charge in [0.25, 0.3) is 0 Å². The van der Waals surface area contributed by atoms with Crippen molar-refractivity contribution >= 4 is 0 Å². The molecule has 0 radical (unpaired) electrons. The number of rotatable bonds is 5. The number of benzene rings is 1. The Bertz CT molecular complexity index is 579. The van der Waals surface area contributed by atoms with Gasteiger partial charge in [-0.2, -0.15) is 0 Å². The fourth-order valence-corrected chi connectivity index (χ4v) is 2.14. The Hall–Kier alpha value is -1.87. The zero-order valence-corrected chi connectivity index (χ0v) is 12.6. The van der Waals surface area contributed by atoms with E-state index in [2.05, 4.69) is 49.3 Å². The molecule has 0 aliphatic heterocycles. The van der Waals surface area contributed by atoms with Crippen LogP contribution in [0.25, 0.3) is 11.1 Å². The Morgan fingerprint density at radius 2 is 2.00 bits per heavy atom. The highest BCUT2D eigenvalue weighted by molar-refractivity contribution is 5.68. The van der Waals surface area contributed by atoms with E-state index in [0.717, 1.165) is 17.9 Å². The van der Waals surface area contributed by atoms with Gasteiger partial charge in [0.2, 0.25) is 0 Å². The molecule has 3 heteroatoms. The summed E-state index contributed by atoms with van der Waals surface area (Å²) < 4.78 is 5.33. The molecule has 3 nitrogen and oxygen atoms in total. The van der Waals surface area contributed by atoms with Gasteiger partial charge in [-0.1, -0.05) is 19.9 Å². The number of nitrogens with zero attached hydrogens (tertiary/aromatic N) is 1. The van der Waals surface area contributed by atoms with Gasteiger partial charge in [0, 0.05) is 30.5 Å². The van der Waals surface area contributed by atoms with Crippen molar-refractivity contribution in [3.05, 3.63) is 47.8 Å². The van der Waals surface area contributed by atoms with Gasteiger partial charge in [-0.3, -0.25) is 4.98 Å². The number of nitrogens with one attached hydrogen (secondary N) is 1. The van der Waals surface area contributed by atoms with Crippen molar-refractivity contribution in [3.63, 3.8) is 0 Å². The molecular weight excluding hydrogens is 248 g/mol. The quantitative estimate of drug-likeness (QED) is 0.902. The second-order valence-corrected chi connectivity index (χ2v) is 5.31. The Morgan fingerprint density at radius 3 is 2.65 bits per heavy atom. The second kappa shape index (κ2) is 6.53. The molecule has 1 heterocycles. The van der Waals surface area contributed by atoms with E-state index in [1.54, 1.807) is 7.11 Å². The Morgan fingerprint density at radius 1 is 1.20 bits per heavy atom. The van der Waals surface area contributed by atoms with Crippen molar-refractivity contribution in [2.45, 2.75) is 33.4 Å². The van der Waals surface area contributed by atoms with Crippen LogP contribution in [-0.2, 0) is 6.54 Å². The third kappa shape index (κ3) is 3.58. The van der Waals surface area contributed by atoms with E-state index >= 15 is 0 Å². The van der Waals surface area contributed by atoms with Crippen LogP contribution in [-0.4, -0.2) is 18.1 Å². The summed E-state index contributed by atoms with van der Waals surface area (Å²) in [5.41, 5.74) is 4.75. The van der Waals surface area contributed by atoms with Crippen LogP contribution in [0.1, 0.15) is 25.0 Å². The fourth-order valence-electron chi connectivity index (χ4n) is 2.14. The lowest BCUT2D eigenvalue weighted by Crippen LogP contribution is -2.22. The zero-order valence-electron chi connectivity index (χ0n) is 12.6. The second-order valence-electron chi connectivity index (χ2n) is 5.31. The van der Waals surface area contributed by atoms with E-state index in [9.17, 15) is 0 Å². The van der Waals surface area contributed by atoms with E-state index in [1.807, 2.05) is 18.5 Å². The summed E-state index contributed by atoms with van der Waals surface area (Å²) in [5.74, 6) is 0.884. The molecule has 0 aliphatic rings. The van der Waals surface area contributed by atoms with E-state index in [1.165, 1.54) is 16.7 Å². The van der Waals surface area contributed by atoms with Crippen LogP contribution < -0.4 is 10.1 Å². The molecule has 106 valence electrons. The van der Waals surface area contributed by atoms with Crippen molar-refractivity contribution in [1.82, 2.24) is 10.3 Å². The van der Waals surface area contributed by atoms with Gasteiger partial charge in [-0.15, -0.1) is 0 Å². The molecule has 0 saturated carbocycles. The molecule has 1 N–H and O–H groups in total. The minimum Gasteiger partial charge on any atom is -0.497 e. The van der Waals surface area contributed by atoms with Gasteiger partial charge in [-0.05, 0) is 41.8 Å².